The van der Waals surface area contributed by atoms with Crippen LogP contribution in [0.25, 0.3) is 0 Å². The van der Waals surface area contributed by atoms with Gasteiger partial charge in [0.25, 0.3) is 5.91 Å². The maximum Gasteiger partial charge on any atom is 0.274 e. The number of nitrogens with zero attached hydrogens (tertiary/aromatic N) is 1. The number of fused-ring (bicyclic) bond motifs is 1. The molecule has 2 amide bonds. The predicted octanol–water partition coefficient (Wildman–Crippen LogP) is 2.22. The molecule has 1 atom stereocenters. The summed E-state index contributed by atoms with van der Waals surface area (Å²) in [4.78, 5) is 26.2. The Kier molecular flexibility index (Phi) is 6.12. The third kappa shape index (κ3) is 3.67. The number of rotatable bonds is 2. The van der Waals surface area contributed by atoms with Crippen molar-refractivity contribution in [3.8, 4) is 5.75 Å². The van der Waals surface area contributed by atoms with E-state index in [-0.39, 0.29) is 31.4 Å². The molecule has 1 saturated carbocycles. The van der Waals surface area contributed by atoms with E-state index in [9.17, 15) is 9.59 Å². The van der Waals surface area contributed by atoms with Gasteiger partial charge in [0, 0.05) is 23.6 Å². The van der Waals surface area contributed by atoms with Gasteiger partial charge in [-0.05, 0) is 31.9 Å². The van der Waals surface area contributed by atoms with Gasteiger partial charge < -0.3 is 9.64 Å². The normalized spacial score (nSPS) is 20.4. The van der Waals surface area contributed by atoms with Gasteiger partial charge in [-0.2, -0.15) is 13.5 Å². The van der Waals surface area contributed by atoms with Gasteiger partial charge in [-0.1, -0.05) is 18.9 Å². The summed E-state index contributed by atoms with van der Waals surface area (Å²) in [6.07, 6.45) is 4.22. The highest BCUT2D eigenvalue weighted by atomic mass is 32.1. The van der Waals surface area contributed by atoms with Crippen molar-refractivity contribution in [2.24, 2.45) is 5.92 Å². The second-order valence-electron chi connectivity index (χ2n) is 6.37. The molecule has 0 radical (unpaired) electrons. The number of amides is 2. The summed E-state index contributed by atoms with van der Waals surface area (Å²) < 4.78 is 5.78. The van der Waals surface area contributed by atoms with E-state index in [0.717, 1.165) is 31.2 Å². The molecule has 0 aromatic heterocycles. The molecule has 1 fully saturated rings. The zero-order valence-corrected chi connectivity index (χ0v) is 14.7. The molecule has 0 bridgehead atoms. The lowest BCUT2D eigenvalue weighted by molar-refractivity contribution is -0.138. The molecule has 1 aromatic rings. The van der Waals surface area contributed by atoms with Gasteiger partial charge in [0.1, 0.15) is 12.4 Å². The van der Waals surface area contributed by atoms with Crippen LogP contribution in [0.15, 0.2) is 18.2 Å². The van der Waals surface area contributed by atoms with Crippen LogP contribution in [-0.4, -0.2) is 34.6 Å². The van der Waals surface area contributed by atoms with Crippen molar-refractivity contribution in [3.63, 3.8) is 0 Å². The minimum Gasteiger partial charge on any atom is -0.491 e. The number of benzene rings is 1. The Labute approximate surface area is 148 Å². The summed E-state index contributed by atoms with van der Waals surface area (Å²) in [6.45, 7) is 2.88. The lowest BCUT2D eigenvalue weighted by Gasteiger charge is -2.29. The molecule has 1 aromatic carbocycles. The largest absolute Gasteiger partial charge is 0.491 e. The van der Waals surface area contributed by atoms with Crippen molar-refractivity contribution >= 4 is 25.3 Å². The molecule has 0 saturated heterocycles. The summed E-state index contributed by atoms with van der Waals surface area (Å²) in [5, 5.41) is 8.73. The Balaban J connectivity index is 0.00000208. The lowest BCUT2D eigenvalue weighted by Crippen LogP contribution is -2.42. The van der Waals surface area contributed by atoms with Crippen LogP contribution in [-0.2, 0) is 11.3 Å². The lowest BCUT2D eigenvalue weighted by atomic mass is 10.0. The predicted molar refractivity (Wildman–Crippen MR) is 93.5 cm³/mol. The quantitative estimate of drug-likeness (QED) is 0.632. The van der Waals surface area contributed by atoms with E-state index in [1.165, 1.54) is 0 Å². The first-order valence-corrected chi connectivity index (χ1v) is 8.11. The van der Waals surface area contributed by atoms with E-state index >= 15 is 0 Å². The van der Waals surface area contributed by atoms with E-state index in [1.807, 2.05) is 11.8 Å². The van der Waals surface area contributed by atoms with Crippen LogP contribution in [0.1, 0.15) is 48.5 Å². The maximum atomic E-state index is 12.8. The SMILES string of the molecule is C[C@H]1COc2cc(C(=O)NO)ccc2CN1C(=O)C1CCCC1.S. The Morgan fingerprint density at radius 3 is 2.67 bits per heavy atom. The third-order valence-corrected chi connectivity index (χ3v) is 4.77. The molecule has 1 aliphatic heterocycles. The molecule has 24 heavy (non-hydrogen) atoms. The van der Waals surface area contributed by atoms with E-state index < -0.39 is 5.91 Å². The first kappa shape index (κ1) is 18.6. The van der Waals surface area contributed by atoms with Gasteiger partial charge in [0.2, 0.25) is 5.91 Å². The van der Waals surface area contributed by atoms with Crippen LogP contribution in [0.5, 0.6) is 5.75 Å². The summed E-state index contributed by atoms with van der Waals surface area (Å²) >= 11 is 0. The van der Waals surface area contributed by atoms with Gasteiger partial charge >= 0.3 is 0 Å². The molecule has 132 valence electrons. The Morgan fingerprint density at radius 2 is 2.00 bits per heavy atom. The summed E-state index contributed by atoms with van der Waals surface area (Å²) in [7, 11) is 0. The van der Waals surface area contributed by atoms with E-state index in [4.69, 9.17) is 9.94 Å². The van der Waals surface area contributed by atoms with Crippen molar-refractivity contribution in [1.82, 2.24) is 10.4 Å². The highest BCUT2D eigenvalue weighted by Crippen LogP contribution is 2.31. The van der Waals surface area contributed by atoms with Crippen LogP contribution in [0, 0.1) is 5.92 Å². The first-order valence-electron chi connectivity index (χ1n) is 8.11. The van der Waals surface area contributed by atoms with Crippen LogP contribution in [0.4, 0.5) is 0 Å². The monoisotopic (exact) mass is 352 g/mol. The van der Waals surface area contributed by atoms with E-state index in [0.29, 0.717) is 24.5 Å². The van der Waals surface area contributed by atoms with Gasteiger partial charge in [-0.15, -0.1) is 0 Å². The fourth-order valence-electron chi connectivity index (χ4n) is 3.37. The van der Waals surface area contributed by atoms with Gasteiger partial charge in [-0.25, -0.2) is 5.48 Å². The molecule has 7 heteroatoms. The number of carbonyl (C=O) groups excluding carboxylic acids is 2. The summed E-state index contributed by atoms with van der Waals surface area (Å²) in [5.41, 5.74) is 2.83. The summed E-state index contributed by atoms with van der Waals surface area (Å²) in [5.74, 6) is 0.370. The third-order valence-electron chi connectivity index (χ3n) is 4.77. The molecule has 2 aliphatic rings. The standard InChI is InChI=1S/C17H22N2O4.H2S/c1-11-10-23-15-8-13(16(20)18-22)6-7-14(15)9-19(11)17(21)12-4-2-3-5-12;/h6-8,11-12,22H,2-5,9-10H2,1H3,(H,18,20);1H2/t11-;/m0./s1. The molecule has 3 rings (SSSR count). The highest BCUT2D eigenvalue weighted by Gasteiger charge is 2.32. The number of ether oxygens (including phenoxy) is 1. The van der Waals surface area contributed by atoms with Gasteiger partial charge in [0.15, 0.2) is 0 Å². The molecule has 6 nitrogen and oxygen atoms in total. The molecule has 1 heterocycles. The smallest absolute Gasteiger partial charge is 0.274 e. The Morgan fingerprint density at radius 1 is 1.29 bits per heavy atom. The van der Waals surface area contributed by atoms with Crippen LogP contribution in [0.2, 0.25) is 0 Å². The number of hydrogen-bond donors (Lipinski definition) is 2. The second kappa shape index (κ2) is 7.90. The maximum absolute atomic E-state index is 12.8. The number of nitrogens with one attached hydrogen (secondary N) is 1. The molecule has 0 spiro atoms. The van der Waals surface area contributed by atoms with Crippen LogP contribution < -0.4 is 10.2 Å². The minimum absolute atomic E-state index is 0. The number of carbonyl (C=O) groups is 2. The number of hydrogen-bond acceptors (Lipinski definition) is 4. The van der Waals surface area contributed by atoms with Gasteiger partial charge in [0.05, 0.1) is 6.04 Å². The summed E-state index contributed by atoms with van der Waals surface area (Å²) in [6, 6.07) is 5.01. The van der Waals surface area contributed by atoms with Crippen molar-refractivity contribution < 1.29 is 19.5 Å². The molecule has 0 unspecified atom stereocenters. The van der Waals surface area contributed by atoms with Crippen molar-refractivity contribution in [1.29, 1.82) is 0 Å². The second-order valence-corrected chi connectivity index (χ2v) is 6.37. The molecular formula is C17H24N2O4S. The van der Waals surface area contributed by atoms with Crippen molar-refractivity contribution in [3.05, 3.63) is 29.3 Å². The van der Waals surface area contributed by atoms with E-state index in [1.54, 1.807) is 23.7 Å². The topological polar surface area (TPSA) is 78.9 Å². The first-order chi connectivity index (χ1) is 11.1. The Bertz CT molecular complexity index is 617. The average Bonchev–Trinajstić information content (AvgIpc) is 3.05. The fraction of sp³-hybridized carbons (Fsp3) is 0.529. The van der Waals surface area contributed by atoms with Crippen molar-refractivity contribution in [2.75, 3.05) is 6.61 Å². The van der Waals surface area contributed by atoms with Crippen molar-refractivity contribution in [2.45, 2.75) is 45.2 Å². The zero-order valence-electron chi connectivity index (χ0n) is 13.7. The van der Waals surface area contributed by atoms with Crippen LogP contribution >= 0.6 is 13.5 Å². The molecule has 2 N–H and O–H groups in total. The number of hydroxylamine groups is 1. The average molecular weight is 352 g/mol. The van der Waals surface area contributed by atoms with E-state index in [2.05, 4.69) is 0 Å². The zero-order chi connectivity index (χ0) is 16.4. The molecular weight excluding hydrogens is 328 g/mol. The van der Waals surface area contributed by atoms with Gasteiger partial charge in [-0.3, -0.25) is 14.8 Å². The van der Waals surface area contributed by atoms with Crippen LogP contribution in [0.3, 0.4) is 0 Å². The fourth-order valence-corrected chi connectivity index (χ4v) is 3.37. The highest BCUT2D eigenvalue weighted by molar-refractivity contribution is 7.59. The minimum atomic E-state index is -0.576. The Hall–Kier alpha value is -1.73. The molecule has 1 aliphatic carbocycles.